The van der Waals surface area contributed by atoms with Crippen LogP contribution in [0.1, 0.15) is 71.2 Å². The molecule has 0 radical (unpaired) electrons. The Morgan fingerprint density at radius 3 is 2.26 bits per heavy atom. The fourth-order valence-electron chi connectivity index (χ4n) is 6.92. The summed E-state index contributed by atoms with van der Waals surface area (Å²) in [5.74, 6) is -0.222. The molecule has 2 aromatic rings. The van der Waals surface area contributed by atoms with E-state index in [4.69, 9.17) is 11.6 Å². The molecule has 8 heteroatoms. The van der Waals surface area contributed by atoms with E-state index in [1.54, 1.807) is 18.2 Å². The number of amides is 3. The van der Waals surface area contributed by atoms with Crippen LogP contribution < -0.4 is 4.90 Å². The largest absolute Gasteiger partial charge is 0.371 e. The van der Waals surface area contributed by atoms with Crippen LogP contribution in [-0.4, -0.2) is 77.7 Å². The third-order valence-corrected chi connectivity index (χ3v) is 9.34. The van der Waals surface area contributed by atoms with Gasteiger partial charge in [-0.05, 0) is 55.5 Å². The lowest BCUT2D eigenvalue weighted by molar-refractivity contribution is -0.138. The van der Waals surface area contributed by atoms with Crippen molar-refractivity contribution in [3.8, 4) is 0 Å². The molecule has 3 fully saturated rings. The van der Waals surface area contributed by atoms with Crippen molar-refractivity contribution >= 4 is 35.0 Å². The van der Waals surface area contributed by atoms with Crippen LogP contribution in [0.3, 0.4) is 0 Å². The standard InChI is InChI=1S/C31H37ClN4O3/c32-24-7-4-6-22(20-24)21-36-30(38)26-10-5-11-27(28(26)31(36)39)34-14-12-23(13-15-34)29(37)35-18-16-33(17-19-35)25-8-2-1-3-9-25/h4-7,10-11,20,23,25H,1-3,8-9,12-19,21H2. The van der Waals surface area contributed by atoms with Crippen LogP contribution in [0, 0.1) is 5.92 Å². The molecule has 0 atom stereocenters. The lowest BCUT2D eigenvalue weighted by atomic mass is 9.92. The van der Waals surface area contributed by atoms with Crippen molar-refractivity contribution in [2.24, 2.45) is 5.92 Å². The van der Waals surface area contributed by atoms with Crippen molar-refractivity contribution in [3.63, 3.8) is 0 Å². The first-order chi connectivity index (χ1) is 19.0. The van der Waals surface area contributed by atoms with Crippen molar-refractivity contribution < 1.29 is 14.4 Å². The predicted molar refractivity (Wildman–Crippen MR) is 152 cm³/mol. The molecule has 4 aliphatic rings. The average Bonchev–Trinajstić information content (AvgIpc) is 3.22. The molecule has 3 amide bonds. The second-order valence-electron chi connectivity index (χ2n) is 11.4. The number of fused-ring (bicyclic) bond motifs is 1. The minimum Gasteiger partial charge on any atom is -0.371 e. The maximum absolute atomic E-state index is 13.5. The highest BCUT2D eigenvalue weighted by Gasteiger charge is 2.39. The molecule has 206 valence electrons. The smallest absolute Gasteiger partial charge is 0.263 e. The van der Waals surface area contributed by atoms with Gasteiger partial charge < -0.3 is 9.80 Å². The summed E-state index contributed by atoms with van der Waals surface area (Å²) in [6.45, 7) is 5.24. The van der Waals surface area contributed by atoms with E-state index >= 15 is 0 Å². The number of anilines is 1. The Balaban J connectivity index is 1.07. The quantitative estimate of drug-likeness (QED) is 0.501. The van der Waals surface area contributed by atoms with Gasteiger partial charge in [-0.2, -0.15) is 0 Å². The first-order valence-electron chi connectivity index (χ1n) is 14.5. The maximum Gasteiger partial charge on any atom is 0.263 e. The minimum absolute atomic E-state index is 0.0240. The molecule has 2 saturated heterocycles. The maximum atomic E-state index is 13.5. The summed E-state index contributed by atoms with van der Waals surface area (Å²) in [5.41, 5.74) is 2.55. The van der Waals surface area contributed by atoms with Crippen molar-refractivity contribution in [2.75, 3.05) is 44.2 Å². The van der Waals surface area contributed by atoms with E-state index in [0.717, 1.165) is 50.3 Å². The monoisotopic (exact) mass is 548 g/mol. The molecular weight excluding hydrogens is 512 g/mol. The Morgan fingerprint density at radius 1 is 0.821 bits per heavy atom. The first-order valence-corrected chi connectivity index (χ1v) is 14.9. The van der Waals surface area contributed by atoms with Crippen LogP contribution in [0.4, 0.5) is 5.69 Å². The molecule has 6 rings (SSSR count). The van der Waals surface area contributed by atoms with Gasteiger partial charge in [-0.25, -0.2) is 0 Å². The summed E-state index contributed by atoms with van der Waals surface area (Å²) < 4.78 is 0. The van der Waals surface area contributed by atoms with Crippen LogP contribution in [0.25, 0.3) is 0 Å². The second kappa shape index (κ2) is 11.3. The Hall–Kier alpha value is -2.90. The molecule has 7 nitrogen and oxygen atoms in total. The highest BCUT2D eigenvalue weighted by molar-refractivity contribution is 6.30. The molecule has 0 N–H and O–H groups in total. The Kier molecular flexibility index (Phi) is 7.63. The number of rotatable bonds is 5. The molecule has 0 spiro atoms. The van der Waals surface area contributed by atoms with Gasteiger partial charge in [0.25, 0.3) is 11.8 Å². The molecule has 0 unspecified atom stereocenters. The second-order valence-corrected chi connectivity index (χ2v) is 11.9. The van der Waals surface area contributed by atoms with Crippen LogP contribution in [-0.2, 0) is 11.3 Å². The van der Waals surface area contributed by atoms with Gasteiger partial charge in [0, 0.05) is 56.3 Å². The lowest BCUT2D eigenvalue weighted by Crippen LogP contribution is -2.54. The number of halogens is 1. The predicted octanol–water partition coefficient (Wildman–Crippen LogP) is 4.83. The van der Waals surface area contributed by atoms with Gasteiger partial charge >= 0.3 is 0 Å². The number of carbonyl (C=O) groups excluding carboxylic acids is 3. The zero-order valence-corrected chi connectivity index (χ0v) is 23.2. The van der Waals surface area contributed by atoms with Gasteiger partial charge in [0.15, 0.2) is 0 Å². The summed E-state index contributed by atoms with van der Waals surface area (Å²) in [7, 11) is 0. The number of piperazine rings is 1. The van der Waals surface area contributed by atoms with E-state index in [1.165, 1.54) is 37.0 Å². The molecule has 39 heavy (non-hydrogen) atoms. The highest BCUT2D eigenvalue weighted by Crippen LogP contribution is 2.35. The molecule has 3 heterocycles. The fourth-order valence-corrected chi connectivity index (χ4v) is 7.13. The van der Waals surface area contributed by atoms with Crippen molar-refractivity contribution in [1.29, 1.82) is 0 Å². The molecular formula is C31H37ClN4O3. The number of hydrogen-bond donors (Lipinski definition) is 0. The minimum atomic E-state index is -0.269. The van der Waals surface area contributed by atoms with Crippen LogP contribution >= 0.6 is 11.6 Å². The zero-order valence-electron chi connectivity index (χ0n) is 22.5. The number of hydrogen-bond acceptors (Lipinski definition) is 5. The number of benzene rings is 2. The molecule has 2 aromatic carbocycles. The molecule has 1 aliphatic carbocycles. The third kappa shape index (κ3) is 5.31. The number of carbonyl (C=O) groups is 3. The number of nitrogens with zero attached hydrogens (tertiary/aromatic N) is 4. The number of piperidine rings is 1. The van der Waals surface area contributed by atoms with Gasteiger partial charge in [0.2, 0.25) is 5.91 Å². The van der Waals surface area contributed by atoms with Crippen LogP contribution in [0.5, 0.6) is 0 Å². The van der Waals surface area contributed by atoms with E-state index < -0.39 is 0 Å². The van der Waals surface area contributed by atoms with E-state index in [-0.39, 0.29) is 30.2 Å². The highest BCUT2D eigenvalue weighted by atomic mass is 35.5. The van der Waals surface area contributed by atoms with Crippen LogP contribution in [0.15, 0.2) is 42.5 Å². The molecule has 0 bridgehead atoms. The normalized spacial score (nSPS) is 21.5. The zero-order chi connectivity index (χ0) is 26.9. The van der Waals surface area contributed by atoms with E-state index in [0.29, 0.717) is 35.3 Å². The van der Waals surface area contributed by atoms with Crippen molar-refractivity contribution in [3.05, 3.63) is 64.2 Å². The van der Waals surface area contributed by atoms with Gasteiger partial charge in [-0.15, -0.1) is 0 Å². The Labute approximate surface area is 235 Å². The van der Waals surface area contributed by atoms with Crippen molar-refractivity contribution in [2.45, 2.75) is 57.5 Å². The number of imide groups is 1. The fraction of sp³-hybridized carbons (Fsp3) is 0.516. The summed E-state index contributed by atoms with van der Waals surface area (Å²) in [6, 6.07) is 13.5. The topological polar surface area (TPSA) is 64.2 Å². The van der Waals surface area contributed by atoms with Gasteiger partial charge in [0.05, 0.1) is 23.4 Å². The summed E-state index contributed by atoms with van der Waals surface area (Å²) in [6.07, 6.45) is 8.19. The SMILES string of the molecule is O=C(C1CCN(c2cccc3c2C(=O)N(Cc2cccc(Cl)c2)C3=O)CC1)N1CCN(C2CCCCC2)CC1. The molecule has 1 saturated carbocycles. The summed E-state index contributed by atoms with van der Waals surface area (Å²) in [5, 5.41) is 0.577. The van der Waals surface area contributed by atoms with Crippen molar-refractivity contribution in [1.82, 2.24) is 14.7 Å². The summed E-state index contributed by atoms with van der Waals surface area (Å²) in [4.78, 5) is 48.2. The average molecular weight is 549 g/mol. The lowest BCUT2D eigenvalue weighted by Gasteiger charge is -2.42. The Bertz CT molecular complexity index is 1240. The van der Waals surface area contributed by atoms with E-state index in [1.807, 2.05) is 24.3 Å². The third-order valence-electron chi connectivity index (χ3n) is 9.11. The molecule has 3 aliphatic heterocycles. The Morgan fingerprint density at radius 2 is 1.54 bits per heavy atom. The van der Waals surface area contributed by atoms with E-state index in [9.17, 15) is 14.4 Å². The van der Waals surface area contributed by atoms with Gasteiger partial charge in [-0.3, -0.25) is 24.2 Å². The summed E-state index contributed by atoms with van der Waals surface area (Å²) >= 11 is 6.12. The first kappa shape index (κ1) is 26.3. The van der Waals surface area contributed by atoms with E-state index in [2.05, 4.69) is 14.7 Å². The molecule has 0 aromatic heterocycles. The van der Waals surface area contributed by atoms with Crippen LogP contribution in [0.2, 0.25) is 5.02 Å². The van der Waals surface area contributed by atoms with Gasteiger partial charge in [-0.1, -0.05) is 49.1 Å². The van der Waals surface area contributed by atoms with Gasteiger partial charge in [0.1, 0.15) is 0 Å².